The van der Waals surface area contributed by atoms with Gasteiger partial charge in [-0.15, -0.1) is 0 Å². The van der Waals surface area contributed by atoms with Gasteiger partial charge in [-0.05, 0) is 105 Å². The largest absolute Gasteiger partial charge is 0.497 e. The van der Waals surface area contributed by atoms with E-state index in [9.17, 15) is 85.7 Å². The van der Waals surface area contributed by atoms with Crippen molar-refractivity contribution in [2.75, 3.05) is 26.7 Å². The lowest BCUT2D eigenvalue weighted by Gasteiger charge is -2.26. The van der Waals surface area contributed by atoms with Crippen LogP contribution in [0.15, 0.2) is 83.9 Å². The first-order valence-electron chi connectivity index (χ1n) is 36.0. The lowest BCUT2D eigenvalue weighted by molar-refractivity contribution is -0.140. The number of hydrogen-bond acceptors (Lipinski definition) is 15. The molecule has 0 bridgehead atoms. The van der Waals surface area contributed by atoms with Crippen LogP contribution in [0.1, 0.15) is 198 Å². The third-order valence-corrected chi connectivity index (χ3v) is 18.9. The van der Waals surface area contributed by atoms with Crippen molar-refractivity contribution in [3.8, 4) is 5.75 Å². The number of carbonyl (C=O) groups is 12. The number of amides is 9. The zero-order valence-electron chi connectivity index (χ0n) is 59.6. The molecule has 0 unspecified atom stereocenters. The van der Waals surface area contributed by atoms with Crippen LogP contribution in [-0.2, 0) is 80.4 Å². The Morgan fingerprint density at radius 3 is 1.57 bits per heavy atom. The Morgan fingerprint density at radius 2 is 1.00 bits per heavy atom. The fourth-order valence-electron chi connectivity index (χ4n) is 11.6. The van der Waals surface area contributed by atoms with Crippen LogP contribution >= 0.6 is 0 Å². The van der Waals surface area contributed by atoms with Crippen LogP contribution in [0.4, 0.5) is 4.39 Å². The Labute approximate surface area is 606 Å². The lowest BCUT2D eigenvalue weighted by atomic mass is 10.0. The van der Waals surface area contributed by atoms with Crippen LogP contribution in [0.2, 0.25) is 0 Å². The summed E-state index contributed by atoms with van der Waals surface area (Å²) in [6.07, 6.45) is 18.9. The second-order valence-electron chi connectivity index (χ2n) is 25.9. The summed E-state index contributed by atoms with van der Waals surface area (Å²) in [4.78, 5) is 160. The van der Waals surface area contributed by atoms with Crippen molar-refractivity contribution in [2.24, 2.45) is 5.73 Å². The van der Waals surface area contributed by atoms with Gasteiger partial charge in [-0.25, -0.2) is 12.8 Å². The minimum atomic E-state index is -4.60. The number of benzene rings is 3. The number of halogens is 1. The van der Waals surface area contributed by atoms with E-state index in [1.54, 1.807) is 30.5 Å². The van der Waals surface area contributed by atoms with Gasteiger partial charge in [-0.2, -0.15) is 4.72 Å². The number of rotatable bonds is 56. The van der Waals surface area contributed by atoms with Crippen LogP contribution < -0.4 is 57.7 Å². The molecular weight excluding hydrogens is 1370 g/mol. The summed E-state index contributed by atoms with van der Waals surface area (Å²) in [6.45, 7) is 1.71. The molecule has 15 N–H and O–H groups in total. The number of nitrogens with one attached hydrogen (secondary N) is 10. The summed E-state index contributed by atoms with van der Waals surface area (Å²) in [5.74, 6) is -12.4. The molecule has 4 aromatic rings. The minimum Gasteiger partial charge on any atom is -0.497 e. The number of aromatic amines is 1. The quantitative estimate of drug-likeness (QED) is 0.0229. The zero-order chi connectivity index (χ0) is 76.2. The van der Waals surface area contributed by atoms with Crippen LogP contribution in [0.5, 0.6) is 5.75 Å². The zero-order valence-corrected chi connectivity index (χ0v) is 60.4. The molecule has 104 heavy (non-hydrogen) atoms. The first kappa shape index (κ1) is 86.9. The highest BCUT2D eigenvalue weighted by molar-refractivity contribution is 7.89. The number of carboxylic acid groups (broad SMARTS) is 3. The molecule has 0 aliphatic rings. The smallest absolute Gasteiger partial charge is 0.305 e. The minimum absolute atomic E-state index is 0.0173. The van der Waals surface area contributed by atoms with Gasteiger partial charge in [0.15, 0.2) is 0 Å². The lowest BCUT2D eigenvalue weighted by Crippen LogP contribution is -2.58. The topological polar surface area (TPSA) is 459 Å². The van der Waals surface area contributed by atoms with E-state index in [1.807, 2.05) is 4.72 Å². The van der Waals surface area contributed by atoms with Gasteiger partial charge in [-0.3, -0.25) is 57.5 Å². The maximum atomic E-state index is 14.7. The summed E-state index contributed by atoms with van der Waals surface area (Å²) in [6, 6.07) is 7.15. The Hall–Kier alpha value is -9.52. The normalized spacial score (nSPS) is 13.0. The fraction of sp³-hybridized carbons (Fsp3) is 0.562. The number of carboxylic acids is 3. The molecule has 0 spiro atoms. The van der Waals surface area contributed by atoms with E-state index in [0.717, 1.165) is 43.5 Å². The Bertz CT molecular complexity index is 3540. The summed E-state index contributed by atoms with van der Waals surface area (Å²) in [7, 11) is -3.27. The average Bonchev–Trinajstić information content (AvgIpc) is 1.51. The van der Waals surface area contributed by atoms with Gasteiger partial charge >= 0.3 is 17.9 Å². The van der Waals surface area contributed by atoms with Crippen molar-refractivity contribution < 1.29 is 90.4 Å². The van der Waals surface area contributed by atoms with Crippen molar-refractivity contribution in [1.29, 1.82) is 0 Å². The van der Waals surface area contributed by atoms with Crippen LogP contribution in [0, 0.1) is 5.82 Å². The number of ether oxygens (including phenoxy) is 1. The van der Waals surface area contributed by atoms with Gasteiger partial charge in [0.2, 0.25) is 63.2 Å². The van der Waals surface area contributed by atoms with Gasteiger partial charge in [0.1, 0.15) is 47.8 Å². The van der Waals surface area contributed by atoms with Crippen molar-refractivity contribution in [3.05, 3.63) is 95.9 Å². The molecular formula is C73H106FN11O18S. The number of aliphatic carboxylic acids is 3. The molecule has 1 heterocycles. The molecule has 0 radical (unpaired) electrons. The number of sulfonamides is 1. The predicted molar refractivity (Wildman–Crippen MR) is 385 cm³/mol. The average molecular weight is 1480 g/mol. The summed E-state index contributed by atoms with van der Waals surface area (Å²) in [5, 5.41) is 49.7. The van der Waals surface area contributed by atoms with Crippen molar-refractivity contribution >= 4 is 92.0 Å². The van der Waals surface area contributed by atoms with Crippen LogP contribution in [-0.4, -0.2) is 163 Å². The van der Waals surface area contributed by atoms with Gasteiger partial charge < -0.3 is 73.3 Å². The van der Waals surface area contributed by atoms with E-state index in [-0.39, 0.29) is 43.0 Å². The number of hydrogen-bond donors (Lipinski definition) is 14. The standard InChI is InChI=1S/C73H106FN11O18S/c1-3-4-5-6-7-8-9-10-11-12-13-14-15-16-18-31-62(86)76-41-24-22-30-56(68(75)95)80-63(87)32-19-17-23-42-77-69(96)57(37-39-65(89)90)82-72(99)60(45-50-47-78-55-29-21-20-28-54(50)55)84-71(98)59(44-49-26-25-27-51(74)43-49)81-64(88)48-79-70(97)58(38-40-66(91)92)83-73(100)61(46-67(93)94)85-104(101,102)53-35-33-52(103-2)34-36-53/h20-21,25-29,33-36,43,47,56-61,78,85H,3-19,22-24,30-32,37-42,44-46,48H2,1-2H3,(H2,75,95)(H,76,86)(H,77,96)(H,79,97)(H,80,87)(H,81,88)(H,82,99)(H,83,100)(H,84,98)(H,89,90)(H,91,92)(H,93,94)/t56-,57-,58-,59-,60-,61+/m0/s1. The van der Waals surface area contributed by atoms with Gasteiger partial charge in [-0.1, -0.05) is 134 Å². The van der Waals surface area contributed by atoms with E-state index in [0.29, 0.717) is 61.5 Å². The fourth-order valence-corrected chi connectivity index (χ4v) is 12.8. The molecule has 29 nitrogen and oxygen atoms in total. The predicted octanol–water partition coefficient (Wildman–Crippen LogP) is 5.90. The molecule has 4 rings (SSSR count). The van der Waals surface area contributed by atoms with E-state index in [2.05, 4.69) is 54.4 Å². The van der Waals surface area contributed by atoms with Crippen LogP contribution in [0.3, 0.4) is 0 Å². The highest BCUT2D eigenvalue weighted by Gasteiger charge is 2.34. The molecule has 0 aliphatic heterocycles. The number of methoxy groups -OCH3 is 1. The highest BCUT2D eigenvalue weighted by atomic mass is 32.2. The maximum Gasteiger partial charge on any atom is 0.305 e. The van der Waals surface area contributed by atoms with Crippen molar-refractivity contribution in [1.82, 2.24) is 52.2 Å². The van der Waals surface area contributed by atoms with E-state index in [4.69, 9.17) is 10.5 Å². The molecule has 1 aromatic heterocycles. The molecule has 0 saturated carbocycles. The summed E-state index contributed by atoms with van der Waals surface area (Å²) >= 11 is 0. The van der Waals surface area contributed by atoms with E-state index >= 15 is 0 Å². The Balaban J connectivity index is 1.33. The Kier molecular flexibility index (Phi) is 40.5. The number of unbranched alkanes of at least 4 members (excludes halogenated alkanes) is 17. The second-order valence-corrected chi connectivity index (χ2v) is 27.6. The molecule has 0 aliphatic carbocycles. The number of H-pyrrole nitrogens is 1. The molecule has 3 aromatic carbocycles. The Morgan fingerprint density at radius 1 is 0.490 bits per heavy atom. The van der Waals surface area contributed by atoms with Gasteiger partial charge in [0.25, 0.3) is 0 Å². The maximum absolute atomic E-state index is 14.7. The number of carbonyl (C=O) groups excluding carboxylic acids is 9. The van der Waals surface area contributed by atoms with Gasteiger partial charge in [0.05, 0.1) is 25.0 Å². The molecule has 0 fully saturated rings. The number of fused-ring (bicyclic) bond motifs is 1. The van der Waals surface area contributed by atoms with E-state index < -0.39 is 167 Å². The number of aromatic nitrogens is 1. The SMILES string of the molecule is CCCCCCCCCCCCCCCCCC(=O)NCCCC[C@H](NC(=O)CCCCCNC(=O)[C@H](CCC(=O)O)NC(=O)[C@H](Cc1c[nH]c2ccccc12)NC(=O)[C@H](Cc1cccc(F)c1)NC(=O)CNC(=O)[C@H](CCC(=O)O)NC(=O)[C@@H](CC(=O)O)NS(=O)(=O)c1ccc(OC)cc1)C(N)=O. The highest BCUT2D eigenvalue weighted by Crippen LogP contribution is 2.22. The van der Waals surface area contributed by atoms with Crippen molar-refractivity contribution in [2.45, 2.75) is 241 Å². The first-order chi connectivity index (χ1) is 49.8. The second kappa shape index (κ2) is 48.4. The number of primary amides is 1. The summed E-state index contributed by atoms with van der Waals surface area (Å²) in [5.41, 5.74) is 6.91. The number of nitrogens with two attached hydrogens (primary N) is 1. The first-order valence-corrected chi connectivity index (χ1v) is 37.5. The molecule has 574 valence electrons. The summed E-state index contributed by atoms with van der Waals surface area (Å²) < 4.78 is 48.2. The molecule has 0 saturated heterocycles. The molecule has 9 amide bonds. The third kappa shape index (κ3) is 35.1. The monoisotopic (exact) mass is 1480 g/mol. The van der Waals surface area contributed by atoms with Gasteiger partial charge in [0, 0.05) is 68.7 Å². The van der Waals surface area contributed by atoms with Crippen molar-refractivity contribution in [3.63, 3.8) is 0 Å². The third-order valence-electron chi connectivity index (χ3n) is 17.4. The number of para-hydroxylation sites is 1. The molecule has 6 atom stereocenters. The van der Waals surface area contributed by atoms with Crippen LogP contribution in [0.25, 0.3) is 10.9 Å². The van der Waals surface area contributed by atoms with E-state index in [1.165, 1.54) is 108 Å². The molecule has 31 heteroatoms.